The number of piperidine rings is 1. The Kier molecular flexibility index (Phi) is 4.46. The van der Waals surface area contributed by atoms with E-state index in [4.69, 9.17) is 0 Å². The van der Waals surface area contributed by atoms with Crippen LogP contribution in [-0.2, 0) is 0 Å². The minimum absolute atomic E-state index is 0.174. The van der Waals surface area contributed by atoms with Gasteiger partial charge in [-0.15, -0.1) is 0 Å². The number of para-hydroxylation sites is 1. The highest BCUT2D eigenvalue weighted by Gasteiger charge is 2.41. The highest BCUT2D eigenvalue weighted by Crippen LogP contribution is 2.35. The van der Waals surface area contributed by atoms with E-state index < -0.39 is 12.1 Å². The van der Waals surface area contributed by atoms with Crippen molar-refractivity contribution in [2.75, 3.05) is 23.3 Å². The number of rotatable bonds is 3. The van der Waals surface area contributed by atoms with Gasteiger partial charge in [-0.25, -0.2) is 0 Å². The van der Waals surface area contributed by atoms with Crippen molar-refractivity contribution in [2.24, 2.45) is 5.92 Å². The van der Waals surface area contributed by atoms with Gasteiger partial charge in [-0.1, -0.05) is 18.2 Å². The molecule has 0 bridgehead atoms. The van der Waals surface area contributed by atoms with E-state index in [1.54, 1.807) is 0 Å². The van der Waals surface area contributed by atoms with Crippen LogP contribution in [0, 0.1) is 5.92 Å². The maximum atomic E-state index is 12.7. The van der Waals surface area contributed by atoms with Crippen LogP contribution in [-0.4, -0.2) is 19.3 Å². The number of nitrogens with one attached hydrogen (secondary N) is 1. The maximum absolute atomic E-state index is 12.7. The first-order chi connectivity index (χ1) is 11.0. The summed E-state index contributed by atoms with van der Waals surface area (Å²) in [5.74, 6) is -1.15. The SMILES string of the molecule is FC(F)(F)C1CCN(c2ccc(Nc3ccccc3)cc2)CC1. The van der Waals surface area contributed by atoms with Crippen LogP contribution in [0.3, 0.4) is 0 Å². The normalized spacial score (nSPS) is 16.4. The van der Waals surface area contributed by atoms with Gasteiger partial charge in [-0.05, 0) is 49.2 Å². The summed E-state index contributed by atoms with van der Waals surface area (Å²) in [7, 11) is 0. The van der Waals surface area contributed by atoms with E-state index in [9.17, 15) is 13.2 Å². The van der Waals surface area contributed by atoms with Crippen molar-refractivity contribution < 1.29 is 13.2 Å². The fraction of sp³-hybridized carbons (Fsp3) is 0.333. The molecule has 5 heteroatoms. The Balaban J connectivity index is 1.60. The Morgan fingerprint density at radius 2 is 1.39 bits per heavy atom. The quantitative estimate of drug-likeness (QED) is 0.835. The molecule has 2 aromatic rings. The molecule has 2 nitrogen and oxygen atoms in total. The van der Waals surface area contributed by atoms with Crippen LogP contribution in [0.4, 0.5) is 30.2 Å². The van der Waals surface area contributed by atoms with E-state index in [0.717, 1.165) is 17.1 Å². The number of nitrogens with zero attached hydrogens (tertiary/aromatic N) is 1. The average molecular weight is 320 g/mol. The number of anilines is 3. The summed E-state index contributed by atoms with van der Waals surface area (Å²) in [4.78, 5) is 2.02. The van der Waals surface area contributed by atoms with Gasteiger partial charge in [-0.3, -0.25) is 0 Å². The van der Waals surface area contributed by atoms with Crippen LogP contribution in [0.1, 0.15) is 12.8 Å². The van der Waals surface area contributed by atoms with E-state index in [0.29, 0.717) is 13.1 Å². The number of hydrogen-bond acceptors (Lipinski definition) is 2. The molecule has 0 aromatic heterocycles. The first-order valence-corrected chi connectivity index (χ1v) is 7.76. The number of hydrogen-bond donors (Lipinski definition) is 1. The molecule has 2 aromatic carbocycles. The third-order valence-corrected chi connectivity index (χ3v) is 4.25. The maximum Gasteiger partial charge on any atom is 0.391 e. The topological polar surface area (TPSA) is 15.3 Å². The third-order valence-electron chi connectivity index (χ3n) is 4.25. The Morgan fingerprint density at radius 1 is 0.826 bits per heavy atom. The van der Waals surface area contributed by atoms with Crippen LogP contribution in [0.15, 0.2) is 54.6 Å². The lowest BCUT2D eigenvalue weighted by atomic mass is 9.96. The van der Waals surface area contributed by atoms with Crippen molar-refractivity contribution in [3.63, 3.8) is 0 Å². The molecule has 0 unspecified atom stereocenters. The molecule has 0 radical (unpaired) electrons. The van der Waals surface area contributed by atoms with Crippen LogP contribution >= 0.6 is 0 Å². The fourth-order valence-corrected chi connectivity index (χ4v) is 2.91. The Labute approximate surface area is 133 Å². The molecule has 1 aliphatic heterocycles. The van der Waals surface area contributed by atoms with Crippen molar-refractivity contribution in [3.8, 4) is 0 Å². The fourth-order valence-electron chi connectivity index (χ4n) is 2.91. The number of benzene rings is 2. The van der Waals surface area contributed by atoms with Gasteiger partial charge in [0.2, 0.25) is 0 Å². The second-order valence-electron chi connectivity index (χ2n) is 5.84. The predicted octanol–water partition coefficient (Wildman–Crippen LogP) is 5.21. The summed E-state index contributed by atoms with van der Waals surface area (Å²) >= 11 is 0. The first-order valence-electron chi connectivity index (χ1n) is 7.76. The molecule has 23 heavy (non-hydrogen) atoms. The van der Waals surface area contributed by atoms with Gasteiger partial charge in [0, 0.05) is 30.2 Å². The van der Waals surface area contributed by atoms with Crippen LogP contribution < -0.4 is 10.2 Å². The Bertz CT molecular complexity index is 615. The second kappa shape index (κ2) is 6.52. The van der Waals surface area contributed by atoms with Gasteiger partial charge in [0.05, 0.1) is 5.92 Å². The van der Waals surface area contributed by atoms with E-state index in [1.165, 1.54) is 0 Å². The zero-order chi connectivity index (χ0) is 16.3. The molecule has 1 saturated heterocycles. The van der Waals surface area contributed by atoms with Crippen LogP contribution in [0.5, 0.6) is 0 Å². The molecule has 0 atom stereocenters. The molecular formula is C18H19F3N2. The monoisotopic (exact) mass is 320 g/mol. The minimum atomic E-state index is -4.06. The molecule has 1 N–H and O–H groups in total. The largest absolute Gasteiger partial charge is 0.391 e. The molecule has 1 heterocycles. The zero-order valence-corrected chi connectivity index (χ0v) is 12.7. The van der Waals surface area contributed by atoms with Crippen molar-refractivity contribution in [3.05, 3.63) is 54.6 Å². The highest BCUT2D eigenvalue weighted by atomic mass is 19.4. The average Bonchev–Trinajstić information content (AvgIpc) is 2.56. The summed E-state index contributed by atoms with van der Waals surface area (Å²) in [6.45, 7) is 0.908. The molecule has 0 amide bonds. The summed E-state index contributed by atoms with van der Waals surface area (Å²) < 4.78 is 38.1. The molecule has 1 aliphatic rings. The molecule has 122 valence electrons. The first kappa shape index (κ1) is 15.7. The van der Waals surface area contributed by atoms with E-state index >= 15 is 0 Å². The van der Waals surface area contributed by atoms with Crippen molar-refractivity contribution >= 4 is 17.1 Å². The molecule has 3 rings (SSSR count). The summed E-state index contributed by atoms with van der Waals surface area (Å²) in [5.41, 5.74) is 2.95. The van der Waals surface area contributed by atoms with Gasteiger partial charge in [0.1, 0.15) is 0 Å². The van der Waals surface area contributed by atoms with Crippen LogP contribution in [0.2, 0.25) is 0 Å². The molecule has 0 aliphatic carbocycles. The second-order valence-corrected chi connectivity index (χ2v) is 5.84. The van der Waals surface area contributed by atoms with Gasteiger partial charge < -0.3 is 10.2 Å². The highest BCUT2D eigenvalue weighted by molar-refractivity contribution is 5.62. The van der Waals surface area contributed by atoms with E-state index in [2.05, 4.69) is 5.32 Å². The molecular weight excluding hydrogens is 301 g/mol. The third kappa shape index (κ3) is 3.97. The van der Waals surface area contributed by atoms with Gasteiger partial charge in [0.15, 0.2) is 0 Å². The van der Waals surface area contributed by atoms with Gasteiger partial charge in [0.25, 0.3) is 0 Å². The number of halogens is 3. The minimum Gasteiger partial charge on any atom is -0.372 e. The summed E-state index contributed by atoms with van der Waals surface area (Å²) in [6.07, 6.45) is -3.71. The van der Waals surface area contributed by atoms with E-state index in [-0.39, 0.29) is 12.8 Å². The van der Waals surface area contributed by atoms with Gasteiger partial charge in [-0.2, -0.15) is 13.2 Å². The molecule has 0 saturated carbocycles. The lowest BCUT2D eigenvalue weighted by Gasteiger charge is -2.34. The molecule has 1 fully saturated rings. The smallest absolute Gasteiger partial charge is 0.372 e. The summed E-state index contributed by atoms with van der Waals surface area (Å²) in [5, 5.41) is 3.29. The van der Waals surface area contributed by atoms with Crippen LogP contribution in [0.25, 0.3) is 0 Å². The van der Waals surface area contributed by atoms with Crippen molar-refractivity contribution in [1.82, 2.24) is 0 Å². The zero-order valence-electron chi connectivity index (χ0n) is 12.7. The van der Waals surface area contributed by atoms with E-state index in [1.807, 2.05) is 59.5 Å². The van der Waals surface area contributed by atoms with Crippen molar-refractivity contribution in [1.29, 1.82) is 0 Å². The lowest BCUT2D eigenvalue weighted by Crippen LogP contribution is -2.38. The lowest BCUT2D eigenvalue weighted by molar-refractivity contribution is -0.179. The molecule has 0 spiro atoms. The standard InChI is InChI=1S/C18H19F3N2/c19-18(20,21)14-10-12-23(13-11-14)17-8-6-16(7-9-17)22-15-4-2-1-3-5-15/h1-9,14,22H,10-13H2. The Hall–Kier alpha value is -2.17. The predicted molar refractivity (Wildman–Crippen MR) is 87.2 cm³/mol. The summed E-state index contributed by atoms with van der Waals surface area (Å²) in [6, 6.07) is 17.7. The number of alkyl halides is 3. The van der Waals surface area contributed by atoms with Gasteiger partial charge >= 0.3 is 6.18 Å². The Morgan fingerprint density at radius 3 is 1.96 bits per heavy atom. The van der Waals surface area contributed by atoms with Crippen molar-refractivity contribution in [2.45, 2.75) is 19.0 Å².